The van der Waals surface area contributed by atoms with Crippen LogP contribution in [0.5, 0.6) is 5.75 Å². The van der Waals surface area contributed by atoms with Crippen molar-refractivity contribution in [1.82, 2.24) is 20.6 Å². The Morgan fingerprint density at radius 2 is 1.95 bits per heavy atom. The van der Waals surface area contributed by atoms with Crippen LogP contribution < -0.4 is 10.9 Å². The Kier molecular flexibility index (Phi) is 4.77. The van der Waals surface area contributed by atoms with Gasteiger partial charge in [0.25, 0.3) is 5.91 Å². The van der Waals surface area contributed by atoms with Crippen LogP contribution in [-0.2, 0) is 11.3 Å². The second kappa shape index (κ2) is 6.75. The van der Waals surface area contributed by atoms with E-state index < -0.39 is 5.91 Å². The summed E-state index contributed by atoms with van der Waals surface area (Å²) in [5.74, 6) is -1.05. The minimum absolute atomic E-state index is 0.0985. The topological polar surface area (TPSA) is 96.2 Å². The molecule has 0 unspecified atom stereocenters. The minimum atomic E-state index is -0.572. The molecular formula is C15H18N4O3. The molecule has 1 heterocycles. The third kappa shape index (κ3) is 3.85. The first-order valence-electron chi connectivity index (χ1n) is 6.85. The average Bonchev–Trinajstić information content (AvgIpc) is 2.81. The van der Waals surface area contributed by atoms with E-state index in [0.29, 0.717) is 6.54 Å². The third-order valence-corrected chi connectivity index (χ3v) is 3.12. The number of hydrazine groups is 1. The molecule has 3 N–H and O–H groups in total. The van der Waals surface area contributed by atoms with Gasteiger partial charge in [-0.05, 0) is 32.0 Å². The molecule has 7 heteroatoms. The van der Waals surface area contributed by atoms with Gasteiger partial charge in [0.05, 0.1) is 17.8 Å². The molecule has 1 aromatic carbocycles. The van der Waals surface area contributed by atoms with Crippen LogP contribution in [0.3, 0.4) is 0 Å². The van der Waals surface area contributed by atoms with Gasteiger partial charge in [0.15, 0.2) is 0 Å². The Balaban J connectivity index is 1.82. The number of phenolic OH excluding ortho intramolecular Hbond substituents is 1. The Labute approximate surface area is 127 Å². The van der Waals surface area contributed by atoms with Crippen LogP contribution in [0.4, 0.5) is 0 Å². The van der Waals surface area contributed by atoms with Crippen molar-refractivity contribution < 1.29 is 14.7 Å². The summed E-state index contributed by atoms with van der Waals surface area (Å²) < 4.78 is 1.74. The molecule has 0 saturated carbocycles. The summed E-state index contributed by atoms with van der Waals surface area (Å²) in [6.07, 6.45) is 0.184. The fourth-order valence-electron chi connectivity index (χ4n) is 2.03. The van der Waals surface area contributed by atoms with Crippen LogP contribution in [0.2, 0.25) is 0 Å². The predicted molar refractivity (Wildman–Crippen MR) is 80.0 cm³/mol. The van der Waals surface area contributed by atoms with Crippen molar-refractivity contribution in [2.24, 2.45) is 0 Å². The monoisotopic (exact) mass is 302 g/mol. The first-order chi connectivity index (χ1) is 10.5. The number of aromatic nitrogens is 2. The lowest BCUT2D eigenvalue weighted by Gasteiger charge is -2.09. The van der Waals surface area contributed by atoms with Crippen LogP contribution in [0.15, 0.2) is 30.3 Å². The number of aryl methyl sites for hydroxylation is 3. The smallest absolute Gasteiger partial charge is 0.273 e. The van der Waals surface area contributed by atoms with E-state index in [1.165, 1.54) is 12.1 Å². The van der Waals surface area contributed by atoms with Gasteiger partial charge in [0, 0.05) is 12.1 Å². The molecule has 0 aliphatic carbocycles. The Hall–Kier alpha value is -2.83. The normalized spacial score (nSPS) is 10.3. The number of benzene rings is 1. The Morgan fingerprint density at radius 3 is 2.59 bits per heavy atom. The van der Waals surface area contributed by atoms with Gasteiger partial charge < -0.3 is 5.11 Å². The van der Waals surface area contributed by atoms with Gasteiger partial charge in [0.1, 0.15) is 5.75 Å². The van der Waals surface area contributed by atoms with Gasteiger partial charge in [-0.1, -0.05) is 12.1 Å². The molecular weight excluding hydrogens is 284 g/mol. The molecule has 0 radical (unpaired) electrons. The van der Waals surface area contributed by atoms with Crippen LogP contribution in [-0.4, -0.2) is 26.7 Å². The van der Waals surface area contributed by atoms with Crippen molar-refractivity contribution in [3.05, 3.63) is 47.3 Å². The Bertz CT molecular complexity index is 694. The fourth-order valence-corrected chi connectivity index (χ4v) is 2.03. The van der Waals surface area contributed by atoms with Gasteiger partial charge in [-0.3, -0.25) is 25.1 Å². The standard InChI is InChI=1S/C15H18N4O3/c1-10-9-11(2)19(18-10)8-7-14(21)16-17-15(22)12-5-3-4-6-13(12)20/h3-6,9,20H,7-8H2,1-2H3,(H,16,21)(H,17,22). The van der Waals surface area contributed by atoms with Crippen molar-refractivity contribution in [1.29, 1.82) is 0 Å². The highest BCUT2D eigenvalue weighted by atomic mass is 16.3. The van der Waals surface area contributed by atoms with Gasteiger partial charge in [-0.2, -0.15) is 5.10 Å². The number of hydrogen-bond donors (Lipinski definition) is 3. The molecule has 1 aromatic heterocycles. The molecule has 2 aromatic rings. The lowest BCUT2D eigenvalue weighted by Crippen LogP contribution is -2.42. The minimum Gasteiger partial charge on any atom is -0.507 e. The molecule has 0 aliphatic heterocycles. The van der Waals surface area contributed by atoms with Crippen LogP contribution in [0, 0.1) is 13.8 Å². The lowest BCUT2D eigenvalue weighted by atomic mass is 10.2. The van der Waals surface area contributed by atoms with E-state index >= 15 is 0 Å². The van der Waals surface area contributed by atoms with Crippen molar-refractivity contribution in [2.75, 3.05) is 0 Å². The maximum Gasteiger partial charge on any atom is 0.273 e. The summed E-state index contributed by atoms with van der Waals surface area (Å²) in [4.78, 5) is 23.5. The SMILES string of the molecule is Cc1cc(C)n(CCC(=O)NNC(=O)c2ccccc2O)n1. The third-order valence-electron chi connectivity index (χ3n) is 3.12. The first-order valence-corrected chi connectivity index (χ1v) is 6.85. The second-order valence-corrected chi connectivity index (χ2v) is 4.92. The maximum absolute atomic E-state index is 11.8. The predicted octanol–water partition coefficient (Wildman–Crippen LogP) is 1.06. The van der Waals surface area contributed by atoms with Gasteiger partial charge in [-0.25, -0.2) is 0 Å². The zero-order chi connectivity index (χ0) is 16.1. The maximum atomic E-state index is 11.8. The van der Waals surface area contributed by atoms with E-state index in [0.717, 1.165) is 11.4 Å². The molecule has 0 fully saturated rings. The van der Waals surface area contributed by atoms with E-state index in [9.17, 15) is 14.7 Å². The van der Waals surface area contributed by atoms with Crippen LogP contribution >= 0.6 is 0 Å². The summed E-state index contributed by atoms with van der Waals surface area (Å²) in [7, 11) is 0. The zero-order valence-electron chi connectivity index (χ0n) is 12.5. The van der Waals surface area contributed by atoms with E-state index in [1.807, 2.05) is 19.9 Å². The number of nitrogens with zero attached hydrogens (tertiary/aromatic N) is 2. The fraction of sp³-hybridized carbons (Fsp3) is 0.267. The Morgan fingerprint density at radius 1 is 1.23 bits per heavy atom. The van der Waals surface area contributed by atoms with Crippen molar-refractivity contribution in [3.8, 4) is 5.75 Å². The molecule has 0 bridgehead atoms. The molecule has 0 atom stereocenters. The highest BCUT2D eigenvalue weighted by Gasteiger charge is 2.11. The van der Waals surface area contributed by atoms with E-state index in [4.69, 9.17) is 0 Å². The molecule has 7 nitrogen and oxygen atoms in total. The number of hydrogen-bond acceptors (Lipinski definition) is 4. The summed E-state index contributed by atoms with van der Waals surface area (Å²) in [5.41, 5.74) is 6.55. The van der Waals surface area contributed by atoms with Crippen LogP contribution in [0.25, 0.3) is 0 Å². The number of carbonyl (C=O) groups is 2. The van der Waals surface area contributed by atoms with Gasteiger partial charge >= 0.3 is 0 Å². The lowest BCUT2D eigenvalue weighted by molar-refractivity contribution is -0.122. The first kappa shape index (κ1) is 15.6. The zero-order valence-corrected chi connectivity index (χ0v) is 12.5. The van der Waals surface area contributed by atoms with Gasteiger partial charge in [0.2, 0.25) is 5.91 Å². The number of para-hydroxylation sites is 1. The number of nitrogens with one attached hydrogen (secondary N) is 2. The van der Waals surface area contributed by atoms with E-state index in [1.54, 1.807) is 16.8 Å². The summed E-state index contributed by atoms with van der Waals surface area (Å²) >= 11 is 0. The van der Waals surface area contributed by atoms with Gasteiger partial charge in [-0.15, -0.1) is 0 Å². The molecule has 22 heavy (non-hydrogen) atoms. The van der Waals surface area contributed by atoms with Crippen molar-refractivity contribution in [2.45, 2.75) is 26.8 Å². The van der Waals surface area contributed by atoms with Crippen molar-refractivity contribution in [3.63, 3.8) is 0 Å². The van der Waals surface area contributed by atoms with E-state index in [-0.39, 0.29) is 23.6 Å². The van der Waals surface area contributed by atoms with Crippen LogP contribution in [0.1, 0.15) is 28.2 Å². The number of phenols is 1. The molecule has 116 valence electrons. The summed E-state index contributed by atoms with van der Waals surface area (Å²) in [5, 5.41) is 13.8. The molecule has 0 spiro atoms. The number of rotatable bonds is 4. The number of aromatic hydroxyl groups is 1. The highest BCUT2D eigenvalue weighted by molar-refractivity contribution is 5.97. The number of amides is 2. The highest BCUT2D eigenvalue weighted by Crippen LogP contribution is 2.14. The summed E-state index contributed by atoms with van der Waals surface area (Å²) in [6.45, 7) is 4.23. The molecule has 0 aliphatic rings. The second-order valence-electron chi connectivity index (χ2n) is 4.92. The largest absolute Gasteiger partial charge is 0.507 e. The summed E-state index contributed by atoms with van der Waals surface area (Å²) in [6, 6.07) is 8.03. The van der Waals surface area contributed by atoms with Crippen molar-refractivity contribution >= 4 is 11.8 Å². The quantitative estimate of drug-likeness (QED) is 0.736. The number of carbonyl (C=O) groups excluding carboxylic acids is 2. The molecule has 2 amide bonds. The average molecular weight is 302 g/mol. The molecule has 2 rings (SSSR count). The molecule has 0 saturated heterocycles. The van der Waals surface area contributed by atoms with E-state index in [2.05, 4.69) is 16.0 Å².